The Balaban J connectivity index is 3.28. The van der Waals surface area contributed by atoms with E-state index in [1.165, 1.54) is 89.9 Å². The molecule has 0 unspecified atom stereocenters. The van der Waals surface area contributed by atoms with Crippen LogP contribution in [0.1, 0.15) is 124 Å². The molecule has 0 radical (unpaired) electrons. The molecule has 0 rings (SSSR count). The van der Waals surface area contributed by atoms with Crippen molar-refractivity contribution in [3.63, 3.8) is 0 Å². The van der Waals surface area contributed by atoms with E-state index in [1.807, 2.05) is 0 Å². The van der Waals surface area contributed by atoms with Crippen molar-refractivity contribution in [3.8, 4) is 0 Å². The van der Waals surface area contributed by atoms with Crippen LogP contribution in [-0.4, -0.2) is 37.3 Å². The zero-order chi connectivity index (χ0) is 20.2. The van der Waals surface area contributed by atoms with E-state index in [9.17, 15) is 4.79 Å². The molecule has 0 bridgehead atoms. The third-order valence-electron chi connectivity index (χ3n) is 6.05. The first-order valence-corrected chi connectivity index (χ1v) is 12.1. The minimum atomic E-state index is -0.0176. The molecule has 0 saturated carbocycles. The monoisotopic (exact) mass is 384 g/mol. The van der Waals surface area contributed by atoms with Gasteiger partial charge in [-0.25, -0.2) is 0 Å². The van der Waals surface area contributed by atoms with E-state index in [0.29, 0.717) is 13.2 Å². The standard InChI is InChI=1S/C24H50NO2/c1-5-8-9-10-11-12-13-14-15-16-17-18-19-20-21-22-24(26)27-23-25(4,6-2)7-3/h5-23H2,1-4H3/q+1. The summed E-state index contributed by atoms with van der Waals surface area (Å²) in [6, 6.07) is 0. The second kappa shape index (κ2) is 18.8. The molecule has 0 amide bonds. The summed E-state index contributed by atoms with van der Waals surface area (Å²) in [5, 5.41) is 0. The lowest BCUT2D eigenvalue weighted by Gasteiger charge is -2.30. The summed E-state index contributed by atoms with van der Waals surface area (Å²) in [6.07, 6.45) is 20.9. The quantitative estimate of drug-likeness (QED) is 0.0957. The number of quaternary nitrogens is 1. The Morgan fingerprint density at radius 2 is 1.00 bits per heavy atom. The Morgan fingerprint density at radius 1 is 0.630 bits per heavy atom. The molecule has 0 aromatic rings. The second-order valence-electron chi connectivity index (χ2n) is 8.60. The van der Waals surface area contributed by atoms with Crippen LogP contribution >= 0.6 is 0 Å². The van der Waals surface area contributed by atoms with Gasteiger partial charge in [-0.2, -0.15) is 0 Å². The summed E-state index contributed by atoms with van der Waals surface area (Å²) >= 11 is 0. The van der Waals surface area contributed by atoms with Gasteiger partial charge in [-0.05, 0) is 20.3 Å². The van der Waals surface area contributed by atoms with Gasteiger partial charge in [-0.3, -0.25) is 9.28 Å². The van der Waals surface area contributed by atoms with Crippen LogP contribution in [0.4, 0.5) is 0 Å². The van der Waals surface area contributed by atoms with Gasteiger partial charge >= 0.3 is 5.97 Å². The molecule has 0 spiro atoms. The first-order valence-electron chi connectivity index (χ1n) is 12.1. The van der Waals surface area contributed by atoms with Crippen molar-refractivity contribution < 1.29 is 14.0 Å². The van der Waals surface area contributed by atoms with Gasteiger partial charge in [-0.1, -0.05) is 96.8 Å². The molecule has 0 aliphatic carbocycles. The highest BCUT2D eigenvalue weighted by atomic mass is 16.5. The van der Waals surface area contributed by atoms with Crippen LogP contribution in [0.2, 0.25) is 0 Å². The number of nitrogens with zero attached hydrogens (tertiary/aromatic N) is 1. The van der Waals surface area contributed by atoms with Crippen LogP contribution in [0.15, 0.2) is 0 Å². The maximum Gasteiger partial charge on any atom is 0.310 e. The van der Waals surface area contributed by atoms with Crippen molar-refractivity contribution in [3.05, 3.63) is 0 Å². The number of esters is 1. The van der Waals surface area contributed by atoms with E-state index >= 15 is 0 Å². The van der Waals surface area contributed by atoms with E-state index in [1.54, 1.807) is 0 Å². The molecule has 0 aliphatic heterocycles. The predicted octanol–water partition coefficient (Wildman–Crippen LogP) is 7.24. The zero-order valence-corrected chi connectivity index (χ0v) is 19.2. The van der Waals surface area contributed by atoms with Crippen LogP contribution in [0.25, 0.3) is 0 Å². The molecule has 0 atom stereocenters. The minimum absolute atomic E-state index is 0.0176. The SMILES string of the molecule is CCCCCCCCCCCCCCCCCC(=O)OC[N+](C)(CC)CC. The largest absolute Gasteiger partial charge is 0.415 e. The summed E-state index contributed by atoms with van der Waals surface area (Å²) in [7, 11) is 2.14. The smallest absolute Gasteiger partial charge is 0.310 e. The average Bonchev–Trinajstić information content (AvgIpc) is 2.69. The third-order valence-corrected chi connectivity index (χ3v) is 6.05. The molecule has 3 heteroatoms. The molecule has 3 nitrogen and oxygen atoms in total. The van der Waals surface area contributed by atoms with Crippen LogP contribution in [0.3, 0.4) is 0 Å². The summed E-state index contributed by atoms with van der Waals surface area (Å²) < 4.78 is 6.25. The molecule has 0 aliphatic rings. The number of hydrogen-bond acceptors (Lipinski definition) is 2. The topological polar surface area (TPSA) is 26.3 Å². The minimum Gasteiger partial charge on any atom is -0.415 e. The Kier molecular flexibility index (Phi) is 18.4. The lowest BCUT2D eigenvalue weighted by Crippen LogP contribution is -2.45. The maximum absolute atomic E-state index is 11.8. The lowest BCUT2D eigenvalue weighted by atomic mass is 10.0. The van der Waals surface area contributed by atoms with Crippen molar-refractivity contribution in [2.75, 3.05) is 26.9 Å². The number of carbonyl (C=O) groups is 1. The molecule has 0 heterocycles. The number of ether oxygens (including phenoxy) is 1. The number of hydrogen-bond donors (Lipinski definition) is 0. The van der Waals surface area contributed by atoms with Gasteiger partial charge in [0.05, 0.1) is 20.1 Å². The molecule has 0 saturated heterocycles. The van der Waals surface area contributed by atoms with E-state index in [4.69, 9.17) is 4.74 Å². The van der Waals surface area contributed by atoms with Crippen LogP contribution < -0.4 is 0 Å². The molecule has 0 aromatic heterocycles. The van der Waals surface area contributed by atoms with E-state index in [-0.39, 0.29) is 5.97 Å². The van der Waals surface area contributed by atoms with Crippen molar-refractivity contribution in [2.45, 2.75) is 124 Å². The number of carbonyl (C=O) groups excluding carboxylic acids is 1. The van der Waals surface area contributed by atoms with Crippen molar-refractivity contribution in [1.82, 2.24) is 0 Å². The molecular weight excluding hydrogens is 334 g/mol. The third kappa shape index (κ3) is 17.3. The first-order chi connectivity index (χ1) is 13.1. The summed E-state index contributed by atoms with van der Waals surface area (Å²) in [5.41, 5.74) is 0. The second-order valence-corrected chi connectivity index (χ2v) is 8.60. The zero-order valence-electron chi connectivity index (χ0n) is 19.2. The first kappa shape index (κ1) is 26.4. The van der Waals surface area contributed by atoms with Crippen molar-refractivity contribution in [1.29, 1.82) is 0 Å². The van der Waals surface area contributed by atoms with E-state index in [0.717, 1.165) is 24.0 Å². The predicted molar refractivity (Wildman–Crippen MR) is 118 cm³/mol. The molecular formula is C24H50NO2+. The van der Waals surface area contributed by atoms with E-state index in [2.05, 4.69) is 27.8 Å². The fraction of sp³-hybridized carbons (Fsp3) is 0.958. The molecule has 162 valence electrons. The van der Waals surface area contributed by atoms with Gasteiger partial charge in [0.15, 0.2) is 0 Å². The van der Waals surface area contributed by atoms with Crippen molar-refractivity contribution in [2.24, 2.45) is 0 Å². The fourth-order valence-corrected chi connectivity index (χ4v) is 3.35. The molecule has 0 aromatic carbocycles. The Bertz CT molecular complexity index is 326. The molecule has 27 heavy (non-hydrogen) atoms. The van der Waals surface area contributed by atoms with Gasteiger partial charge in [0.1, 0.15) is 0 Å². The van der Waals surface area contributed by atoms with Gasteiger partial charge in [0.2, 0.25) is 6.73 Å². The van der Waals surface area contributed by atoms with Gasteiger partial charge in [-0.15, -0.1) is 0 Å². The highest BCUT2D eigenvalue weighted by molar-refractivity contribution is 5.69. The Hall–Kier alpha value is -0.570. The molecule has 0 fully saturated rings. The fourth-order valence-electron chi connectivity index (χ4n) is 3.35. The van der Waals surface area contributed by atoms with Gasteiger partial charge in [0, 0.05) is 6.42 Å². The Labute approximate surface area is 170 Å². The summed E-state index contributed by atoms with van der Waals surface area (Å²) in [5.74, 6) is -0.0176. The summed E-state index contributed by atoms with van der Waals surface area (Å²) in [4.78, 5) is 11.8. The maximum atomic E-state index is 11.8. The number of rotatable bonds is 20. The van der Waals surface area contributed by atoms with Gasteiger partial charge < -0.3 is 4.74 Å². The van der Waals surface area contributed by atoms with Gasteiger partial charge in [0.25, 0.3) is 0 Å². The normalized spacial score (nSPS) is 11.7. The van der Waals surface area contributed by atoms with Crippen molar-refractivity contribution >= 4 is 5.97 Å². The number of unbranched alkanes of at least 4 members (excludes halogenated alkanes) is 14. The highest BCUT2D eigenvalue weighted by Crippen LogP contribution is 2.14. The van der Waals surface area contributed by atoms with Crippen LogP contribution in [0, 0.1) is 0 Å². The Morgan fingerprint density at radius 3 is 1.37 bits per heavy atom. The van der Waals surface area contributed by atoms with E-state index < -0.39 is 0 Å². The lowest BCUT2D eigenvalue weighted by molar-refractivity contribution is -0.922. The summed E-state index contributed by atoms with van der Waals surface area (Å²) in [6.45, 7) is 9.09. The molecule has 0 N–H and O–H groups in total. The van der Waals surface area contributed by atoms with Crippen LogP contribution in [0.5, 0.6) is 0 Å². The highest BCUT2D eigenvalue weighted by Gasteiger charge is 2.18. The average molecular weight is 385 g/mol. The van der Waals surface area contributed by atoms with Crippen LogP contribution in [-0.2, 0) is 9.53 Å².